The van der Waals surface area contributed by atoms with E-state index in [1.165, 1.54) is 0 Å². The Kier molecular flexibility index (Phi) is 3.50. The monoisotopic (exact) mass is 226 g/mol. The van der Waals surface area contributed by atoms with Crippen molar-refractivity contribution in [1.29, 1.82) is 0 Å². The zero-order valence-corrected chi connectivity index (χ0v) is 9.82. The summed E-state index contributed by atoms with van der Waals surface area (Å²) in [7, 11) is 0. The van der Waals surface area contributed by atoms with Crippen molar-refractivity contribution in [2.75, 3.05) is 13.2 Å². The van der Waals surface area contributed by atoms with Crippen LogP contribution in [0.15, 0.2) is 0 Å². The molecular formula is C12H22N2O2. The molecule has 0 bridgehead atoms. The number of aliphatic hydroxyl groups is 1. The summed E-state index contributed by atoms with van der Waals surface area (Å²) in [6.45, 7) is 0.878. The van der Waals surface area contributed by atoms with Crippen LogP contribution in [0.4, 0.5) is 0 Å². The molecule has 1 atom stereocenters. The molecule has 0 radical (unpaired) electrons. The standard InChI is InChI=1S/C12H22N2O2/c13-12(5-1-2-6-12)8-11(16)14-7-3-4-10(14)9-15/h10,15H,1-9,13H2. The molecule has 4 nitrogen and oxygen atoms in total. The van der Waals surface area contributed by atoms with Crippen molar-refractivity contribution in [3.05, 3.63) is 0 Å². The van der Waals surface area contributed by atoms with Crippen molar-refractivity contribution in [2.45, 2.75) is 56.5 Å². The van der Waals surface area contributed by atoms with Gasteiger partial charge in [0, 0.05) is 18.5 Å². The van der Waals surface area contributed by atoms with Crippen LogP contribution in [0.25, 0.3) is 0 Å². The van der Waals surface area contributed by atoms with Gasteiger partial charge in [-0.1, -0.05) is 12.8 Å². The average molecular weight is 226 g/mol. The minimum Gasteiger partial charge on any atom is -0.394 e. The van der Waals surface area contributed by atoms with Crippen LogP contribution < -0.4 is 5.73 Å². The van der Waals surface area contributed by atoms with E-state index in [1.54, 1.807) is 0 Å². The molecule has 1 saturated heterocycles. The maximum absolute atomic E-state index is 12.1. The van der Waals surface area contributed by atoms with Crippen molar-refractivity contribution in [3.8, 4) is 0 Å². The Hall–Kier alpha value is -0.610. The molecular weight excluding hydrogens is 204 g/mol. The molecule has 1 heterocycles. The third-order valence-corrected chi connectivity index (χ3v) is 4.01. The fraction of sp³-hybridized carbons (Fsp3) is 0.917. The van der Waals surface area contributed by atoms with E-state index in [4.69, 9.17) is 5.73 Å². The fourth-order valence-corrected chi connectivity index (χ4v) is 3.01. The summed E-state index contributed by atoms with van der Waals surface area (Å²) in [5.41, 5.74) is 5.94. The number of amides is 1. The summed E-state index contributed by atoms with van der Waals surface area (Å²) in [6, 6.07) is 0.0394. The van der Waals surface area contributed by atoms with Gasteiger partial charge >= 0.3 is 0 Å². The summed E-state index contributed by atoms with van der Waals surface area (Å²) in [6.07, 6.45) is 6.63. The van der Waals surface area contributed by atoms with Gasteiger partial charge in [-0.05, 0) is 25.7 Å². The van der Waals surface area contributed by atoms with Crippen molar-refractivity contribution in [1.82, 2.24) is 4.90 Å². The topological polar surface area (TPSA) is 66.6 Å². The van der Waals surface area contributed by atoms with Gasteiger partial charge in [0.05, 0.1) is 12.6 Å². The molecule has 16 heavy (non-hydrogen) atoms. The van der Waals surface area contributed by atoms with E-state index < -0.39 is 0 Å². The second-order valence-electron chi connectivity index (χ2n) is 5.31. The van der Waals surface area contributed by atoms with Crippen LogP contribution in [0.1, 0.15) is 44.9 Å². The highest BCUT2D eigenvalue weighted by Gasteiger charge is 2.36. The predicted octanol–water partition coefficient (Wildman–Crippen LogP) is 0.631. The third kappa shape index (κ3) is 2.38. The number of aliphatic hydroxyl groups excluding tert-OH is 1. The minimum absolute atomic E-state index is 0.0394. The van der Waals surface area contributed by atoms with Gasteiger partial charge in [0.2, 0.25) is 5.91 Å². The third-order valence-electron chi connectivity index (χ3n) is 4.01. The fourth-order valence-electron chi connectivity index (χ4n) is 3.01. The van der Waals surface area contributed by atoms with Crippen LogP contribution in [0.5, 0.6) is 0 Å². The van der Waals surface area contributed by atoms with Crippen molar-refractivity contribution < 1.29 is 9.90 Å². The van der Waals surface area contributed by atoms with Crippen molar-refractivity contribution in [2.24, 2.45) is 5.73 Å². The molecule has 2 aliphatic rings. The summed E-state index contributed by atoms with van der Waals surface area (Å²) < 4.78 is 0. The normalized spacial score (nSPS) is 28.6. The van der Waals surface area contributed by atoms with Crippen LogP contribution in [0.3, 0.4) is 0 Å². The Balaban J connectivity index is 1.92. The van der Waals surface area contributed by atoms with Crippen molar-refractivity contribution >= 4 is 5.91 Å². The Bertz CT molecular complexity index is 262. The van der Waals surface area contributed by atoms with Crippen LogP contribution in [-0.4, -0.2) is 40.6 Å². The molecule has 0 aromatic heterocycles. The molecule has 1 saturated carbocycles. The van der Waals surface area contributed by atoms with Gasteiger partial charge in [-0.25, -0.2) is 0 Å². The predicted molar refractivity (Wildman–Crippen MR) is 61.8 cm³/mol. The molecule has 4 heteroatoms. The lowest BCUT2D eigenvalue weighted by atomic mass is 9.94. The lowest BCUT2D eigenvalue weighted by Gasteiger charge is -2.29. The van der Waals surface area contributed by atoms with E-state index in [0.717, 1.165) is 45.1 Å². The summed E-state index contributed by atoms with van der Waals surface area (Å²) in [4.78, 5) is 13.9. The van der Waals surface area contributed by atoms with Crippen LogP contribution in [0.2, 0.25) is 0 Å². The molecule has 2 fully saturated rings. The van der Waals surface area contributed by atoms with E-state index in [2.05, 4.69) is 0 Å². The number of carbonyl (C=O) groups excluding carboxylic acids is 1. The summed E-state index contributed by atoms with van der Waals surface area (Å²) in [5.74, 6) is 0.140. The maximum atomic E-state index is 12.1. The quantitative estimate of drug-likeness (QED) is 0.742. The number of hydrogen-bond donors (Lipinski definition) is 2. The molecule has 1 unspecified atom stereocenters. The Morgan fingerprint density at radius 1 is 1.38 bits per heavy atom. The number of nitrogens with two attached hydrogens (primary N) is 1. The summed E-state index contributed by atoms with van der Waals surface area (Å²) in [5, 5.41) is 9.19. The highest BCUT2D eigenvalue weighted by atomic mass is 16.3. The highest BCUT2D eigenvalue weighted by Crippen LogP contribution is 2.31. The van der Waals surface area contributed by atoms with Gasteiger partial charge in [-0.3, -0.25) is 4.79 Å². The molecule has 1 aliphatic heterocycles. The van der Waals surface area contributed by atoms with E-state index in [1.807, 2.05) is 4.90 Å². The zero-order chi connectivity index (χ0) is 11.6. The van der Waals surface area contributed by atoms with E-state index >= 15 is 0 Å². The first kappa shape index (κ1) is 11.9. The Morgan fingerprint density at radius 2 is 2.06 bits per heavy atom. The van der Waals surface area contributed by atoms with Gasteiger partial charge in [0.1, 0.15) is 0 Å². The number of carbonyl (C=O) groups is 1. The molecule has 0 aromatic rings. The minimum atomic E-state index is -0.264. The molecule has 92 valence electrons. The Labute approximate surface area is 96.8 Å². The van der Waals surface area contributed by atoms with Gasteiger partial charge in [0.15, 0.2) is 0 Å². The number of likely N-dealkylation sites (tertiary alicyclic amines) is 1. The Morgan fingerprint density at radius 3 is 2.69 bits per heavy atom. The molecule has 3 N–H and O–H groups in total. The first-order valence-electron chi connectivity index (χ1n) is 6.34. The first-order valence-corrected chi connectivity index (χ1v) is 6.34. The second-order valence-corrected chi connectivity index (χ2v) is 5.31. The largest absolute Gasteiger partial charge is 0.394 e. The van der Waals surface area contributed by atoms with Crippen LogP contribution in [-0.2, 0) is 4.79 Å². The van der Waals surface area contributed by atoms with E-state index in [0.29, 0.717) is 6.42 Å². The maximum Gasteiger partial charge on any atom is 0.224 e. The second kappa shape index (κ2) is 4.72. The van der Waals surface area contributed by atoms with Gasteiger partial charge in [0.25, 0.3) is 0 Å². The lowest BCUT2D eigenvalue weighted by molar-refractivity contribution is -0.134. The number of nitrogens with zero attached hydrogens (tertiary/aromatic N) is 1. The molecule has 2 rings (SSSR count). The summed E-state index contributed by atoms with van der Waals surface area (Å²) >= 11 is 0. The van der Waals surface area contributed by atoms with Gasteiger partial charge in [-0.15, -0.1) is 0 Å². The molecule has 1 aliphatic carbocycles. The lowest BCUT2D eigenvalue weighted by Crippen LogP contribution is -2.45. The van der Waals surface area contributed by atoms with Gasteiger partial charge < -0.3 is 15.7 Å². The molecule has 0 aromatic carbocycles. The zero-order valence-electron chi connectivity index (χ0n) is 9.82. The molecule has 0 spiro atoms. The van der Waals surface area contributed by atoms with Gasteiger partial charge in [-0.2, -0.15) is 0 Å². The SMILES string of the molecule is NC1(CC(=O)N2CCCC2CO)CCCC1. The molecule has 1 amide bonds. The number of rotatable bonds is 3. The number of hydrogen-bond acceptors (Lipinski definition) is 3. The van der Waals surface area contributed by atoms with E-state index in [-0.39, 0.29) is 24.1 Å². The van der Waals surface area contributed by atoms with Crippen molar-refractivity contribution in [3.63, 3.8) is 0 Å². The highest BCUT2D eigenvalue weighted by molar-refractivity contribution is 5.78. The van der Waals surface area contributed by atoms with Crippen LogP contribution >= 0.6 is 0 Å². The van der Waals surface area contributed by atoms with Crippen LogP contribution in [0, 0.1) is 0 Å². The first-order chi connectivity index (χ1) is 7.64. The average Bonchev–Trinajstić information content (AvgIpc) is 2.85. The smallest absolute Gasteiger partial charge is 0.224 e. The van der Waals surface area contributed by atoms with E-state index in [9.17, 15) is 9.90 Å².